The van der Waals surface area contributed by atoms with Crippen molar-refractivity contribution in [1.82, 2.24) is 30.2 Å². The van der Waals surface area contributed by atoms with Crippen LogP contribution in [-0.2, 0) is 42.2 Å². The molecule has 1 unspecified atom stereocenters. The molecule has 356 valence electrons. The van der Waals surface area contributed by atoms with Gasteiger partial charge in [0.1, 0.15) is 46.8 Å². The number of nitrogens with one attached hydrogen (secondary N) is 3. The van der Waals surface area contributed by atoms with E-state index in [4.69, 9.17) is 28.9 Å². The molecule has 16 nitrogen and oxygen atoms in total. The predicted molar refractivity (Wildman–Crippen MR) is 251 cm³/mol. The van der Waals surface area contributed by atoms with Crippen molar-refractivity contribution in [2.75, 3.05) is 20.3 Å². The third-order valence-electron chi connectivity index (χ3n) is 13.8. The van der Waals surface area contributed by atoms with E-state index < -0.39 is 74.1 Å². The highest BCUT2D eigenvalue weighted by Crippen LogP contribution is 2.46. The number of carbonyl (C=O) groups is 4. The highest BCUT2D eigenvalue weighted by Gasteiger charge is 2.62. The average Bonchev–Trinajstić information content (AvgIpc) is 4.08. The lowest BCUT2D eigenvalue weighted by Gasteiger charge is -2.32. The Morgan fingerprint density at radius 1 is 1.06 bits per heavy atom. The van der Waals surface area contributed by atoms with Crippen LogP contribution in [0.3, 0.4) is 0 Å². The van der Waals surface area contributed by atoms with E-state index in [9.17, 15) is 22.8 Å². The molecule has 4 bridgehead atoms. The Morgan fingerprint density at radius 2 is 1.84 bits per heavy atom. The van der Waals surface area contributed by atoms with Crippen molar-refractivity contribution in [3.8, 4) is 28.0 Å². The maximum absolute atomic E-state index is 15.0. The lowest BCUT2D eigenvalue weighted by molar-refractivity contribution is -0.142. The normalized spacial score (nSPS) is 25.6. The molecule has 5 atom stereocenters. The number of cyclic esters (lactones) is 1. The Kier molecular flexibility index (Phi) is 13.0. The molecule has 2 aromatic carbocycles. The van der Waals surface area contributed by atoms with E-state index in [0.717, 1.165) is 47.5 Å². The Balaban J connectivity index is 1.07. The fraction of sp³-hybridized carbons (Fsp3) is 0.510. The van der Waals surface area contributed by atoms with E-state index in [1.54, 1.807) is 13.2 Å². The summed E-state index contributed by atoms with van der Waals surface area (Å²) in [7, 11) is -2.33. The number of rotatable bonds is 12. The van der Waals surface area contributed by atoms with E-state index in [1.165, 1.54) is 22.3 Å². The molecular weight excluding hydrogens is 897 g/mol. The van der Waals surface area contributed by atoms with Crippen LogP contribution in [0, 0.1) is 17.3 Å². The molecule has 9 rings (SSSR count). The van der Waals surface area contributed by atoms with E-state index >= 15 is 4.79 Å². The van der Waals surface area contributed by atoms with Gasteiger partial charge in [-0.3, -0.25) is 19.1 Å². The first kappa shape index (κ1) is 46.4. The minimum atomic E-state index is -3.94. The molecule has 2 aromatic heterocycles. The van der Waals surface area contributed by atoms with Crippen LogP contribution in [0.25, 0.3) is 21.5 Å². The van der Waals surface area contributed by atoms with E-state index in [2.05, 4.69) is 21.9 Å². The number of benzene rings is 2. The van der Waals surface area contributed by atoms with Gasteiger partial charge in [-0.1, -0.05) is 63.1 Å². The van der Waals surface area contributed by atoms with Crippen LogP contribution >= 0.6 is 11.3 Å². The second-order valence-corrected chi connectivity index (χ2v) is 22.2. The Labute approximate surface area is 394 Å². The van der Waals surface area contributed by atoms with Crippen LogP contribution in [0.5, 0.6) is 17.4 Å². The fourth-order valence-electron chi connectivity index (χ4n) is 9.72. The summed E-state index contributed by atoms with van der Waals surface area (Å²) in [5.41, 5.74) is 1.19. The smallest absolute Gasteiger partial charge is 0.407 e. The van der Waals surface area contributed by atoms with E-state index in [-0.39, 0.29) is 44.4 Å². The summed E-state index contributed by atoms with van der Waals surface area (Å²) in [6.07, 6.45) is 6.32. The van der Waals surface area contributed by atoms with Gasteiger partial charge in [0.05, 0.1) is 36.7 Å². The third kappa shape index (κ3) is 10.1. The van der Waals surface area contributed by atoms with Crippen molar-refractivity contribution in [2.45, 2.75) is 120 Å². The Bertz CT molecular complexity index is 2670. The molecule has 4 heterocycles. The van der Waals surface area contributed by atoms with Gasteiger partial charge >= 0.3 is 6.09 Å². The molecule has 4 fully saturated rings. The van der Waals surface area contributed by atoms with Crippen LogP contribution in [0.2, 0.25) is 0 Å². The topological polar surface area (TPSA) is 204 Å². The molecule has 0 radical (unpaired) electrons. The minimum Gasteiger partial charge on any atom is -0.496 e. The third-order valence-corrected chi connectivity index (χ3v) is 16.5. The second kappa shape index (κ2) is 18.7. The number of alkyl carbamates (subject to hydrolysis) is 1. The lowest BCUT2D eigenvalue weighted by Crippen LogP contribution is -2.59. The number of pyridine rings is 1. The monoisotopic (exact) mass is 954 g/mol. The molecule has 3 saturated carbocycles. The first-order chi connectivity index (χ1) is 32.1. The van der Waals surface area contributed by atoms with Crippen molar-refractivity contribution in [2.24, 2.45) is 17.3 Å². The summed E-state index contributed by atoms with van der Waals surface area (Å²) in [6.45, 7) is 8.08. The van der Waals surface area contributed by atoms with Gasteiger partial charge in [-0.2, -0.15) is 0 Å². The first-order valence-corrected chi connectivity index (χ1v) is 25.6. The zero-order chi connectivity index (χ0) is 47.1. The number of sulfonamides is 1. The Morgan fingerprint density at radius 3 is 2.55 bits per heavy atom. The quantitative estimate of drug-likeness (QED) is 0.128. The maximum atomic E-state index is 15.0. The standard InChI is InChI=1S/C49H58N6O10S2/c1-5-32-24-49(32,46(58)54-67(60,61)35-17-18-35)53-43(56)38-21-34-25-55(38)45(57)42(29-12-9-10-13-29)52-47(59)64-28-48(2,3)19-11-16-31-20-36-37(22-39(31)62-4)51-41(23-40(36)65-34)63-26-33-27-66-44(50-33)30-14-7-6-8-15-30/h5-8,14-15,20,22-23,27,29,32,34-35,38,42H,1,9-13,16-19,21,24-26,28H2,2-4H3,(H,52,59)(H,53,56)(H,54,58)/t32-,34+,38-,42-,49?/m0/s1. The zero-order valence-electron chi connectivity index (χ0n) is 38.1. The SMILES string of the molecule is C=C[C@H]1CC1(NC(=O)[C@@H]1C[C@@H]2CN1C(=O)[C@H](C1CCCC1)NC(=O)OCC(C)(C)CCCc1cc3c(cc(OCc4csc(-c5ccccc5)n4)nc3cc1OC)O2)C(=O)NS(=O)(=O)C1CC1. The van der Waals surface area contributed by atoms with Crippen molar-refractivity contribution in [3.63, 3.8) is 0 Å². The predicted octanol–water partition coefficient (Wildman–Crippen LogP) is 6.61. The number of ether oxygens (including phenoxy) is 4. The number of methoxy groups -OCH3 is 1. The van der Waals surface area contributed by atoms with Gasteiger partial charge in [0.2, 0.25) is 27.7 Å². The number of hydrogen-bond donors (Lipinski definition) is 3. The van der Waals surface area contributed by atoms with Gasteiger partial charge in [0, 0.05) is 40.8 Å². The molecule has 3 aliphatic carbocycles. The summed E-state index contributed by atoms with van der Waals surface area (Å²) >= 11 is 1.51. The molecule has 1 saturated heterocycles. The summed E-state index contributed by atoms with van der Waals surface area (Å²) in [4.78, 5) is 68.2. The van der Waals surface area contributed by atoms with Gasteiger partial charge < -0.3 is 34.5 Å². The van der Waals surface area contributed by atoms with Gasteiger partial charge in [-0.25, -0.2) is 23.2 Å². The average molecular weight is 955 g/mol. The van der Waals surface area contributed by atoms with E-state index in [1.807, 2.05) is 61.7 Å². The van der Waals surface area contributed by atoms with Crippen molar-refractivity contribution < 1.29 is 46.5 Å². The number of thiazole rings is 1. The van der Waals surface area contributed by atoms with Crippen molar-refractivity contribution >= 4 is 56.1 Å². The molecule has 4 aromatic rings. The number of aromatic nitrogens is 2. The van der Waals surface area contributed by atoms with Gasteiger partial charge in [-0.05, 0) is 74.3 Å². The summed E-state index contributed by atoms with van der Waals surface area (Å²) < 4.78 is 53.0. The second-order valence-electron chi connectivity index (χ2n) is 19.4. The number of amides is 4. The highest BCUT2D eigenvalue weighted by molar-refractivity contribution is 7.91. The maximum Gasteiger partial charge on any atom is 0.407 e. The van der Waals surface area contributed by atoms with Crippen LogP contribution in [0.1, 0.15) is 89.3 Å². The van der Waals surface area contributed by atoms with Crippen LogP contribution in [0.15, 0.2) is 66.6 Å². The largest absolute Gasteiger partial charge is 0.496 e. The van der Waals surface area contributed by atoms with Crippen molar-refractivity contribution in [3.05, 3.63) is 77.8 Å². The summed E-state index contributed by atoms with van der Waals surface area (Å²) in [6, 6.07) is 13.3. The van der Waals surface area contributed by atoms with Crippen LogP contribution < -0.4 is 29.6 Å². The molecule has 3 N–H and O–H groups in total. The minimum absolute atomic E-state index is 0.00846. The number of fused-ring (bicyclic) bond motifs is 3. The lowest BCUT2D eigenvalue weighted by atomic mass is 9.87. The number of hydrogen-bond acceptors (Lipinski definition) is 13. The number of carbonyl (C=O) groups excluding carboxylic acids is 4. The van der Waals surface area contributed by atoms with E-state index in [0.29, 0.717) is 54.5 Å². The summed E-state index contributed by atoms with van der Waals surface area (Å²) in [5, 5.41) is 8.58. The molecule has 0 spiro atoms. The highest BCUT2D eigenvalue weighted by atomic mass is 32.2. The Hall–Kier alpha value is -5.75. The molecule has 2 aliphatic heterocycles. The molecule has 18 heteroatoms. The molecule has 5 aliphatic rings. The van der Waals surface area contributed by atoms with Crippen LogP contribution in [-0.4, -0.2) is 96.3 Å². The zero-order valence-corrected chi connectivity index (χ0v) is 39.7. The first-order valence-electron chi connectivity index (χ1n) is 23.2. The molecular formula is C49H58N6O10S2. The van der Waals surface area contributed by atoms with Gasteiger partial charge in [-0.15, -0.1) is 17.9 Å². The number of nitrogens with zero attached hydrogens (tertiary/aromatic N) is 3. The van der Waals surface area contributed by atoms with Crippen molar-refractivity contribution in [1.29, 1.82) is 0 Å². The van der Waals surface area contributed by atoms with Gasteiger partial charge in [0.15, 0.2) is 0 Å². The summed E-state index contributed by atoms with van der Waals surface area (Å²) in [5.74, 6) is -1.42. The fourth-order valence-corrected chi connectivity index (χ4v) is 11.9. The van der Waals surface area contributed by atoms with Crippen LogP contribution in [0.4, 0.5) is 4.79 Å². The number of aryl methyl sites for hydroxylation is 1. The molecule has 4 amide bonds. The molecule has 67 heavy (non-hydrogen) atoms. The van der Waals surface area contributed by atoms with Gasteiger partial charge in [0.25, 0.3) is 5.91 Å².